The van der Waals surface area contributed by atoms with Crippen LogP contribution in [0.1, 0.15) is 89.1 Å². The van der Waals surface area contributed by atoms with Crippen molar-refractivity contribution in [3.8, 4) is 11.1 Å². The number of rotatable bonds is 8. The predicted octanol–water partition coefficient (Wildman–Crippen LogP) is 10.0. The van der Waals surface area contributed by atoms with Crippen molar-refractivity contribution >= 4 is 40.1 Å². The first-order valence-corrected chi connectivity index (χ1v) is 18.9. The van der Waals surface area contributed by atoms with Crippen LogP contribution in [-0.2, 0) is 35.0 Å². The van der Waals surface area contributed by atoms with Crippen molar-refractivity contribution in [2.24, 2.45) is 0 Å². The van der Waals surface area contributed by atoms with E-state index >= 15 is 0 Å². The SMILES string of the molecule is C.C.Cc1noc(C)c1-c1cnc(N)c(CCc2ccccc2)c1.Cc1noc(C)c1B1OC(C)(C)C(C)(C)O1.Nc1ncc(Br)cc1CCc1ccccc1.[2HH]. The van der Waals surface area contributed by atoms with E-state index in [1.54, 1.807) is 12.4 Å². The van der Waals surface area contributed by atoms with E-state index in [1.165, 1.54) is 11.1 Å². The number of nitrogen functional groups attached to an aromatic ring is 2. The molecule has 0 bridgehead atoms. The number of benzene rings is 2. The molecular weight excluding hydrogens is 767 g/mol. The molecule has 1 aliphatic rings. The van der Waals surface area contributed by atoms with Gasteiger partial charge < -0.3 is 29.8 Å². The Morgan fingerprint density at radius 3 is 1.57 bits per heavy atom. The zero-order chi connectivity index (χ0) is 39.0. The molecule has 4 aromatic heterocycles. The van der Waals surface area contributed by atoms with Crippen molar-refractivity contribution in [1.29, 1.82) is 0 Å². The van der Waals surface area contributed by atoms with E-state index < -0.39 is 0 Å². The van der Waals surface area contributed by atoms with Crippen LogP contribution in [0.2, 0.25) is 0 Å². The van der Waals surface area contributed by atoms with Gasteiger partial charge in [-0.25, -0.2) is 9.97 Å². The number of aryl methyl sites for hydroxylation is 8. The van der Waals surface area contributed by atoms with Gasteiger partial charge in [-0.1, -0.05) is 85.8 Å². The molecular formula is C44H60BBrN6O4. The van der Waals surface area contributed by atoms with Gasteiger partial charge in [0.2, 0.25) is 0 Å². The molecule has 0 saturated carbocycles. The van der Waals surface area contributed by atoms with Crippen LogP contribution in [0.25, 0.3) is 11.1 Å². The summed E-state index contributed by atoms with van der Waals surface area (Å²) >= 11 is 3.40. The Hall–Kier alpha value is -4.78. The molecule has 0 amide bonds. The maximum absolute atomic E-state index is 6.03. The van der Waals surface area contributed by atoms with Crippen molar-refractivity contribution in [1.82, 2.24) is 20.3 Å². The van der Waals surface area contributed by atoms with Crippen LogP contribution in [0.15, 0.2) is 98.7 Å². The van der Waals surface area contributed by atoms with Gasteiger partial charge in [0.05, 0.1) is 22.6 Å². The van der Waals surface area contributed by atoms with Crippen LogP contribution in [0.5, 0.6) is 0 Å². The molecule has 7 rings (SSSR count). The Bertz CT molecular complexity index is 2090. The molecule has 0 aliphatic carbocycles. The number of nitrogens with zero attached hydrogens (tertiary/aromatic N) is 4. The minimum atomic E-state index is -0.378. The summed E-state index contributed by atoms with van der Waals surface area (Å²) in [7, 11) is -0.378. The van der Waals surface area contributed by atoms with Crippen molar-refractivity contribution in [2.45, 2.75) is 107 Å². The molecule has 10 nitrogen and oxygen atoms in total. The fraction of sp³-hybridized carbons (Fsp3) is 0.364. The highest BCUT2D eigenvalue weighted by Crippen LogP contribution is 2.37. The molecule has 0 atom stereocenters. The average Bonchev–Trinajstić information content (AvgIpc) is 3.74. The number of hydrogen-bond acceptors (Lipinski definition) is 10. The van der Waals surface area contributed by atoms with Crippen molar-refractivity contribution in [3.63, 3.8) is 0 Å². The van der Waals surface area contributed by atoms with Gasteiger partial charge in [-0.2, -0.15) is 0 Å². The molecule has 300 valence electrons. The number of halogens is 1. The highest BCUT2D eigenvalue weighted by atomic mass is 79.9. The minimum Gasteiger partial charge on any atom is -0.399 e. The summed E-state index contributed by atoms with van der Waals surface area (Å²) in [5, 5.41) is 7.93. The second-order valence-corrected chi connectivity index (χ2v) is 15.4. The Morgan fingerprint density at radius 2 is 1.11 bits per heavy atom. The van der Waals surface area contributed by atoms with E-state index in [4.69, 9.17) is 29.8 Å². The highest BCUT2D eigenvalue weighted by molar-refractivity contribution is 9.10. The standard InChI is InChI=1S/C18H19N3O.C13H13BrN2.C11H18BNO3.2CH4.H2/c1-12-17(13(2)22-21-12)16-10-15(18(19)20-11-16)9-8-14-6-4-3-5-7-14;14-12-8-11(13(15)16-9-12)7-6-10-4-2-1-3-5-10;1-7-9(8(2)14-13-7)12-15-10(3,4)11(5,6)16-12;;;/h3-7,10-11H,8-9H2,1-2H3,(H2,19,20);1-5,8-9H,6-7H2,(H2,15,16);1-6H3;2*1H4;1H/i;;;;;1+1. The van der Waals surface area contributed by atoms with Crippen LogP contribution in [-0.4, -0.2) is 38.6 Å². The fourth-order valence-electron chi connectivity index (χ4n) is 6.08. The Morgan fingerprint density at radius 1 is 0.643 bits per heavy atom. The molecule has 5 heterocycles. The number of nitrogens with two attached hydrogens (primary N) is 2. The van der Waals surface area contributed by atoms with Crippen LogP contribution < -0.4 is 16.9 Å². The summed E-state index contributed by atoms with van der Waals surface area (Å²) in [4.78, 5) is 8.46. The van der Waals surface area contributed by atoms with E-state index in [1.807, 2.05) is 73.6 Å². The zero-order valence-electron chi connectivity index (χ0n) is 32.4. The van der Waals surface area contributed by atoms with E-state index in [2.05, 4.69) is 90.8 Å². The maximum Gasteiger partial charge on any atom is 0.500 e. The molecule has 56 heavy (non-hydrogen) atoms. The molecule has 1 saturated heterocycles. The number of anilines is 2. The third-order valence-corrected chi connectivity index (χ3v) is 10.4. The molecule has 1 fully saturated rings. The van der Waals surface area contributed by atoms with Crippen molar-refractivity contribution in [2.75, 3.05) is 11.5 Å². The molecule has 0 radical (unpaired) electrons. The van der Waals surface area contributed by atoms with E-state index in [-0.39, 0.29) is 34.6 Å². The topological polar surface area (TPSA) is 148 Å². The van der Waals surface area contributed by atoms with E-state index in [9.17, 15) is 0 Å². The Kier molecular flexibility index (Phi) is 16.2. The van der Waals surface area contributed by atoms with Gasteiger partial charge in [-0.15, -0.1) is 0 Å². The summed E-state index contributed by atoms with van der Waals surface area (Å²) in [6.45, 7) is 15.8. The predicted molar refractivity (Wildman–Crippen MR) is 235 cm³/mol. The molecule has 2 aromatic carbocycles. The van der Waals surface area contributed by atoms with Gasteiger partial charge in [-0.3, -0.25) is 0 Å². The third kappa shape index (κ3) is 11.4. The largest absolute Gasteiger partial charge is 0.500 e. The number of hydrogen-bond donors (Lipinski definition) is 2. The first-order valence-electron chi connectivity index (χ1n) is 18.1. The molecule has 0 unspecified atom stereocenters. The smallest absolute Gasteiger partial charge is 0.399 e. The lowest BCUT2D eigenvalue weighted by molar-refractivity contribution is 0.00578. The lowest BCUT2D eigenvalue weighted by atomic mass is 9.77. The number of pyridine rings is 2. The Balaban J connectivity index is 0.000000293. The Labute approximate surface area is 343 Å². The first-order chi connectivity index (χ1) is 25.6. The summed E-state index contributed by atoms with van der Waals surface area (Å²) in [6, 6.07) is 24.9. The maximum atomic E-state index is 6.03. The summed E-state index contributed by atoms with van der Waals surface area (Å²) < 4.78 is 23.2. The monoisotopic (exact) mass is 827 g/mol. The average molecular weight is 829 g/mol. The molecule has 0 spiro atoms. The minimum absolute atomic E-state index is 0. The fourth-order valence-corrected chi connectivity index (χ4v) is 6.46. The van der Waals surface area contributed by atoms with Crippen molar-refractivity contribution < 1.29 is 19.8 Å². The summed E-state index contributed by atoms with van der Waals surface area (Å²) in [5.41, 5.74) is 20.6. The van der Waals surface area contributed by atoms with Crippen LogP contribution >= 0.6 is 15.9 Å². The van der Waals surface area contributed by atoms with E-state index in [0.717, 1.165) is 80.8 Å². The van der Waals surface area contributed by atoms with Gasteiger partial charge in [0.25, 0.3) is 0 Å². The normalized spacial score (nSPS) is 13.7. The lowest BCUT2D eigenvalue weighted by Gasteiger charge is -2.32. The van der Waals surface area contributed by atoms with Gasteiger partial charge >= 0.3 is 7.12 Å². The van der Waals surface area contributed by atoms with E-state index in [0.29, 0.717) is 11.6 Å². The lowest BCUT2D eigenvalue weighted by Crippen LogP contribution is -2.41. The molecule has 1 aliphatic heterocycles. The van der Waals surface area contributed by atoms with Gasteiger partial charge in [0, 0.05) is 34.9 Å². The number of aromatic nitrogens is 4. The van der Waals surface area contributed by atoms with Gasteiger partial charge in [-0.05, 0) is 131 Å². The second kappa shape index (κ2) is 19.9. The molecule has 4 N–H and O–H groups in total. The van der Waals surface area contributed by atoms with Crippen LogP contribution in [0.4, 0.5) is 11.6 Å². The third-order valence-electron chi connectivity index (χ3n) is 9.92. The van der Waals surface area contributed by atoms with Gasteiger partial charge in [0.1, 0.15) is 23.2 Å². The summed E-state index contributed by atoms with van der Waals surface area (Å²) in [5.74, 6) is 2.78. The summed E-state index contributed by atoms with van der Waals surface area (Å²) in [6.07, 6.45) is 7.22. The quantitative estimate of drug-likeness (QED) is 0.142. The second-order valence-electron chi connectivity index (χ2n) is 14.5. The highest BCUT2D eigenvalue weighted by Gasteiger charge is 2.53. The van der Waals surface area contributed by atoms with Crippen molar-refractivity contribution in [3.05, 3.63) is 135 Å². The van der Waals surface area contributed by atoms with Crippen LogP contribution in [0.3, 0.4) is 0 Å². The van der Waals surface area contributed by atoms with Crippen LogP contribution in [0, 0.1) is 27.7 Å². The first kappa shape index (κ1) is 45.6. The van der Waals surface area contributed by atoms with Gasteiger partial charge in [0.15, 0.2) is 0 Å². The molecule has 6 aromatic rings. The zero-order valence-corrected chi connectivity index (χ0v) is 34.0. The molecule has 12 heteroatoms.